The van der Waals surface area contributed by atoms with E-state index in [1.165, 1.54) is 48.5 Å². The molecule has 1 atom stereocenters. The average Bonchev–Trinajstić information content (AvgIpc) is 3.23. The molecule has 1 fully saturated rings. The van der Waals surface area contributed by atoms with Crippen molar-refractivity contribution >= 4 is 35.2 Å². The summed E-state index contributed by atoms with van der Waals surface area (Å²) in [5, 5.41) is 9.33. The normalized spacial score (nSPS) is 14.7. The van der Waals surface area contributed by atoms with Crippen LogP contribution in [0.3, 0.4) is 0 Å². The standard InChI is InChI=1S/C28H25N3O8/c1-2-38-22-13-7-17(8-14-22)24(33)16-39-28(37)19-3-9-20(10-4-19)31-25(34)15-23(27(31)36)29-30-26(35)18-5-11-21(32)12-6-18/h3-14,23,29,32H,2,15-16H2,1H3,(H,30,35). The van der Waals surface area contributed by atoms with Crippen molar-refractivity contribution in [3.05, 3.63) is 89.5 Å². The highest BCUT2D eigenvalue weighted by molar-refractivity contribution is 6.22. The van der Waals surface area contributed by atoms with E-state index in [4.69, 9.17) is 9.47 Å². The molecule has 1 aliphatic rings. The van der Waals surface area contributed by atoms with Crippen LogP contribution in [0.15, 0.2) is 72.8 Å². The first-order chi connectivity index (χ1) is 18.8. The van der Waals surface area contributed by atoms with Gasteiger partial charge < -0.3 is 14.6 Å². The second kappa shape index (κ2) is 12.0. The van der Waals surface area contributed by atoms with E-state index in [0.717, 1.165) is 4.90 Å². The Balaban J connectivity index is 1.31. The van der Waals surface area contributed by atoms with Crippen molar-refractivity contribution in [3.8, 4) is 11.5 Å². The van der Waals surface area contributed by atoms with Gasteiger partial charge >= 0.3 is 5.97 Å². The number of ketones is 1. The number of anilines is 1. The number of carbonyl (C=O) groups excluding carboxylic acids is 5. The lowest BCUT2D eigenvalue weighted by Gasteiger charge is -2.16. The number of rotatable bonds is 10. The Morgan fingerprint density at radius 2 is 1.51 bits per heavy atom. The third-order valence-corrected chi connectivity index (χ3v) is 5.82. The number of nitrogens with one attached hydrogen (secondary N) is 2. The summed E-state index contributed by atoms with van der Waals surface area (Å²) in [5.41, 5.74) is 5.94. The number of aromatic hydroxyl groups is 1. The fourth-order valence-corrected chi connectivity index (χ4v) is 3.80. The molecular formula is C28H25N3O8. The maximum Gasteiger partial charge on any atom is 0.338 e. The van der Waals surface area contributed by atoms with Gasteiger partial charge in [0.1, 0.15) is 17.5 Å². The minimum Gasteiger partial charge on any atom is -0.508 e. The molecule has 0 bridgehead atoms. The van der Waals surface area contributed by atoms with Gasteiger partial charge in [-0.15, -0.1) is 0 Å². The fraction of sp³-hybridized carbons (Fsp3) is 0.179. The summed E-state index contributed by atoms with van der Waals surface area (Å²) in [6.07, 6.45) is -0.188. The summed E-state index contributed by atoms with van der Waals surface area (Å²) in [6.45, 7) is 1.89. The number of nitrogens with zero attached hydrogens (tertiary/aromatic N) is 1. The van der Waals surface area contributed by atoms with Crippen molar-refractivity contribution in [2.24, 2.45) is 0 Å². The molecule has 0 aliphatic carbocycles. The summed E-state index contributed by atoms with van der Waals surface area (Å²) in [5.74, 6) is -2.11. The molecule has 0 aromatic heterocycles. The van der Waals surface area contributed by atoms with Crippen LogP contribution in [0, 0.1) is 0 Å². The van der Waals surface area contributed by atoms with Crippen molar-refractivity contribution < 1.29 is 38.6 Å². The Labute approximate surface area is 223 Å². The topological polar surface area (TPSA) is 151 Å². The number of phenols is 1. The third-order valence-electron chi connectivity index (χ3n) is 5.82. The maximum atomic E-state index is 12.8. The Bertz CT molecular complexity index is 1390. The van der Waals surface area contributed by atoms with Gasteiger partial charge in [-0.1, -0.05) is 0 Å². The summed E-state index contributed by atoms with van der Waals surface area (Å²) >= 11 is 0. The van der Waals surface area contributed by atoms with E-state index in [1.54, 1.807) is 24.3 Å². The third kappa shape index (κ3) is 6.46. The molecule has 1 unspecified atom stereocenters. The van der Waals surface area contributed by atoms with Crippen LogP contribution in [0.4, 0.5) is 5.69 Å². The molecule has 11 nitrogen and oxygen atoms in total. The van der Waals surface area contributed by atoms with Gasteiger partial charge in [0.2, 0.25) is 5.91 Å². The number of carbonyl (C=O) groups is 5. The molecule has 1 aliphatic heterocycles. The van der Waals surface area contributed by atoms with E-state index in [1.807, 2.05) is 6.92 Å². The molecule has 11 heteroatoms. The fourth-order valence-electron chi connectivity index (χ4n) is 3.80. The highest BCUT2D eigenvalue weighted by atomic mass is 16.5. The first-order valence-electron chi connectivity index (χ1n) is 12.0. The molecule has 39 heavy (non-hydrogen) atoms. The highest BCUT2D eigenvalue weighted by Crippen LogP contribution is 2.23. The van der Waals surface area contributed by atoms with Crippen LogP contribution in [0.1, 0.15) is 44.4 Å². The van der Waals surface area contributed by atoms with E-state index in [-0.39, 0.29) is 34.8 Å². The summed E-state index contributed by atoms with van der Waals surface area (Å²) < 4.78 is 10.4. The van der Waals surface area contributed by atoms with Crippen LogP contribution < -0.4 is 20.5 Å². The van der Waals surface area contributed by atoms with Gasteiger partial charge in [0.15, 0.2) is 12.4 Å². The van der Waals surface area contributed by atoms with Crippen molar-refractivity contribution in [3.63, 3.8) is 0 Å². The van der Waals surface area contributed by atoms with Gasteiger partial charge in [-0.25, -0.2) is 15.1 Å². The predicted octanol–water partition coefficient (Wildman–Crippen LogP) is 2.40. The zero-order chi connectivity index (χ0) is 27.9. The molecule has 4 rings (SSSR count). The van der Waals surface area contributed by atoms with Gasteiger partial charge in [0, 0.05) is 11.1 Å². The lowest BCUT2D eigenvalue weighted by Crippen LogP contribution is -2.48. The molecule has 3 N–H and O–H groups in total. The number of esters is 1. The second-order valence-electron chi connectivity index (χ2n) is 8.47. The Morgan fingerprint density at radius 3 is 2.15 bits per heavy atom. The zero-order valence-corrected chi connectivity index (χ0v) is 20.9. The SMILES string of the molecule is CCOc1ccc(C(=O)COC(=O)c2ccc(N3C(=O)CC(NNC(=O)c4ccc(O)cc4)C3=O)cc2)cc1. The average molecular weight is 532 g/mol. The van der Waals surface area contributed by atoms with Gasteiger partial charge in [-0.05, 0) is 79.7 Å². The zero-order valence-electron chi connectivity index (χ0n) is 20.9. The molecule has 200 valence electrons. The van der Waals surface area contributed by atoms with Gasteiger partial charge in [-0.3, -0.25) is 24.6 Å². The molecule has 0 saturated carbocycles. The molecule has 0 spiro atoms. The van der Waals surface area contributed by atoms with Gasteiger partial charge in [-0.2, -0.15) is 0 Å². The van der Waals surface area contributed by atoms with Crippen LogP contribution >= 0.6 is 0 Å². The summed E-state index contributed by atoms with van der Waals surface area (Å²) in [4.78, 5) is 63.3. The Hall–Kier alpha value is -5.03. The lowest BCUT2D eigenvalue weighted by molar-refractivity contribution is -0.121. The molecule has 3 amide bonds. The number of hydrogen-bond donors (Lipinski definition) is 3. The van der Waals surface area contributed by atoms with E-state index in [9.17, 15) is 29.1 Å². The highest BCUT2D eigenvalue weighted by Gasteiger charge is 2.39. The quantitative estimate of drug-likeness (QED) is 0.155. The Morgan fingerprint density at radius 1 is 0.897 bits per heavy atom. The smallest absolute Gasteiger partial charge is 0.338 e. The monoisotopic (exact) mass is 531 g/mol. The first kappa shape index (κ1) is 27.0. The van der Waals surface area contributed by atoms with E-state index >= 15 is 0 Å². The predicted molar refractivity (Wildman–Crippen MR) is 138 cm³/mol. The molecular weight excluding hydrogens is 506 g/mol. The van der Waals surface area contributed by atoms with Gasteiger partial charge in [0.25, 0.3) is 11.8 Å². The number of benzene rings is 3. The molecule has 1 heterocycles. The van der Waals surface area contributed by atoms with Crippen LogP contribution in [0.2, 0.25) is 0 Å². The summed E-state index contributed by atoms with van der Waals surface area (Å²) in [7, 11) is 0. The molecule has 1 saturated heterocycles. The number of Topliss-reactive ketones (excluding diaryl/α,β-unsaturated/α-hetero) is 1. The van der Waals surface area contributed by atoms with Crippen LogP contribution in [-0.4, -0.2) is 53.8 Å². The van der Waals surface area contributed by atoms with Crippen molar-refractivity contribution in [2.45, 2.75) is 19.4 Å². The van der Waals surface area contributed by atoms with Crippen LogP contribution in [0.25, 0.3) is 0 Å². The van der Waals surface area contributed by atoms with Crippen LogP contribution in [-0.2, 0) is 14.3 Å². The molecule has 3 aromatic carbocycles. The minimum absolute atomic E-state index is 0.00316. The van der Waals surface area contributed by atoms with Crippen LogP contribution in [0.5, 0.6) is 11.5 Å². The van der Waals surface area contributed by atoms with Crippen molar-refractivity contribution in [2.75, 3.05) is 18.1 Å². The number of amides is 3. The largest absolute Gasteiger partial charge is 0.508 e. The number of hydrazine groups is 1. The number of imide groups is 1. The first-order valence-corrected chi connectivity index (χ1v) is 12.0. The van der Waals surface area contributed by atoms with E-state index in [2.05, 4.69) is 10.9 Å². The molecule has 0 radical (unpaired) electrons. The number of phenolic OH excluding ortho intramolecular Hbond substituents is 1. The molecule has 3 aromatic rings. The Kier molecular flexibility index (Phi) is 8.32. The van der Waals surface area contributed by atoms with Crippen molar-refractivity contribution in [1.82, 2.24) is 10.9 Å². The summed E-state index contributed by atoms with van der Waals surface area (Å²) in [6, 6.07) is 16.6. The number of ether oxygens (including phenoxy) is 2. The number of hydrogen-bond acceptors (Lipinski definition) is 9. The van der Waals surface area contributed by atoms with Crippen molar-refractivity contribution in [1.29, 1.82) is 0 Å². The minimum atomic E-state index is -0.989. The second-order valence-corrected chi connectivity index (χ2v) is 8.47. The van der Waals surface area contributed by atoms with E-state index in [0.29, 0.717) is 17.9 Å². The van der Waals surface area contributed by atoms with E-state index < -0.39 is 36.3 Å². The lowest BCUT2D eigenvalue weighted by atomic mass is 10.1. The van der Waals surface area contributed by atoms with Gasteiger partial charge in [0.05, 0.1) is 24.3 Å². The maximum absolute atomic E-state index is 12.8.